The number of carbonyl (C=O) groups is 3. The lowest BCUT2D eigenvalue weighted by molar-refractivity contribution is -0.136. The van der Waals surface area contributed by atoms with E-state index in [9.17, 15) is 14.4 Å². The highest BCUT2D eigenvalue weighted by Gasteiger charge is 2.36. The van der Waals surface area contributed by atoms with Crippen molar-refractivity contribution in [3.63, 3.8) is 0 Å². The van der Waals surface area contributed by atoms with Crippen LogP contribution in [0.2, 0.25) is 5.02 Å². The Bertz CT molecular complexity index is 1530. The molecule has 198 valence electrons. The van der Waals surface area contributed by atoms with Crippen molar-refractivity contribution in [1.82, 2.24) is 35.1 Å². The van der Waals surface area contributed by atoms with E-state index in [-0.39, 0.29) is 18.1 Å². The Kier molecular flexibility index (Phi) is 7.46. The normalized spacial score (nSPS) is 14.7. The fraction of sp³-hybridized carbons (Fsp3) is 0.192. The molecule has 5 rings (SSSR count). The van der Waals surface area contributed by atoms with Crippen molar-refractivity contribution in [1.29, 1.82) is 0 Å². The monoisotopic (exact) mass is 546 g/mol. The number of aromatic nitrogens is 6. The van der Waals surface area contributed by atoms with E-state index < -0.39 is 12.1 Å². The Balaban J connectivity index is 1.37. The standard InChI is InChI=1S/C26H23ClN8O4/c1-39-26(38)31-19-6-2-16(3-7-19)12-22(36)25-24-20(28-14-29-24)10-11-34(25)23(37)9-4-17-13-18(27)5-8-21(17)35-15-30-32-33-35/h2-9,13-15,25H,10-12H2,1H3,(H,28,29)(H,31,38)/b9-4+. The number of methoxy groups -OCH3 is 1. The lowest BCUT2D eigenvalue weighted by Crippen LogP contribution is -2.43. The minimum Gasteiger partial charge on any atom is -0.453 e. The molecular formula is C26H23ClN8O4. The van der Waals surface area contributed by atoms with Crippen molar-refractivity contribution in [3.05, 3.63) is 88.7 Å². The number of nitrogens with zero attached hydrogens (tertiary/aromatic N) is 6. The summed E-state index contributed by atoms with van der Waals surface area (Å²) < 4.78 is 6.06. The first-order chi connectivity index (χ1) is 18.9. The van der Waals surface area contributed by atoms with E-state index >= 15 is 0 Å². The van der Waals surface area contributed by atoms with Crippen molar-refractivity contribution in [2.45, 2.75) is 18.9 Å². The summed E-state index contributed by atoms with van der Waals surface area (Å²) >= 11 is 6.20. The first-order valence-electron chi connectivity index (χ1n) is 11.9. The number of imidazole rings is 1. The maximum Gasteiger partial charge on any atom is 0.411 e. The molecule has 2 N–H and O–H groups in total. The molecule has 0 bridgehead atoms. The second-order valence-electron chi connectivity index (χ2n) is 8.70. The van der Waals surface area contributed by atoms with Gasteiger partial charge in [0.1, 0.15) is 12.4 Å². The molecule has 0 aliphatic carbocycles. The van der Waals surface area contributed by atoms with Crippen molar-refractivity contribution < 1.29 is 19.1 Å². The van der Waals surface area contributed by atoms with Crippen LogP contribution in [0.3, 0.4) is 0 Å². The molecule has 3 heterocycles. The Labute approximate surface area is 227 Å². The van der Waals surface area contributed by atoms with Gasteiger partial charge in [-0.25, -0.2) is 9.78 Å². The number of ketones is 1. The molecule has 0 fully saturated rings. The number of benzene rings is 2. The number of tetrazole rings is 1. The van der Waals surface area contributed by atoms with E-state index in [4.69, 9.17) is 11.6 Å². The summed E-state index contributed by atoms with van der Waals surface area (Å²) in [6.07, 6.45) is 6.04. The van der Waals surface area contributed by atoms with Gasteiger partial charge in [0.2, 0.25) is 5.91 Å². The van der Waals surface area contributed by atoms with E-state index in [1.165, 1.54) is 35.4 Å². The van der Waals surface area contributed by atoms with Crippen LogP contribution in [0.4, 0.5) is 10.5 Å². The van der Waals surface area contributed by atoms with Crippen LogP contribution < -0.4 is 5.32 Å². The second-order valence-corrected chi connectivity index (χ2v) is 9.13. The molecule has 1 aliphatic rings. The summed E-state index contributed by atoms with van der Waals surface area (Å²) in [7, 11) is 1.28. The fourth-order valence-electron chi connectivity index (χ4n) is 4.41. The minimum atomic E-state index is -0.858. The first kappa shape index (κ1) is 25.8. The van der Waals surface area contributed by atoms with Crippen LogP contribution in [-0.2, 0) is 27.2 Å². The molecule has 1 unspecified atom stereocenters. The number of rotatable bonds is 7. The van der Waals surface area contributed by atoms with Gasteiger partial charge in [-0.1, -0.05) is 23.7 Å². The molecule has 1 atom stereocenters. The third kappa shape index (κ3) is 5.70. The molecule has 0 saturated heterocycles. The number of anilines is 1. The summed E-state index contributed by atoms with van der Waals surface area (Å²) in [5, 5.41) is 14.3. The lowest BCUT2D eigenvalue weighted by Gasteiger charge is -2.33. The number of Topliss-reactive ketones (excluding diaryl/α,β-unsaturated/α-hetero) is 1. The zero-order valence-electron chi connectivity index (χ0n) is 20.7. The Hall–Kier alpha value is -4.84. The third-order valence-electron chi connectivity index (χ3n) is 6.27. The zero-order chi connectivity index (χ0) is 27.4. The molecule has 0 saturated carbocycles. The van der Waals surface area contributed by atoms with Crippen molar-refractivity contribution in [2.75, 3.05) is 19.0 Å². The van der Waals surface area contributed by atoms with Crippen molar-refractivity contribution in [3.8, 4) is 5.69 Å². The molecule has 2 aromatic heterocycles. The number of fused-ring (bicyclic) bond motifs is 1. The van der Waals surface area contributed by atoms with Crippen LogP contribution in [0.25, 0.3) is 11.8 Å². The number of ether oxygens (including phenoxy) is 1. The molecule has 2 aromatic carbocycles. The van der Waals surface area contributed by atoms with Crippen molar-refractivity contribution in [2.24, 2.45) is 0 Å². The fourth-order valence-corrected chi connectivity index (χ4v) is 4.59. The van der Waals surface area contributed by atoms with Gasteiger partial charge in [0.15, 0.2) is 5.78 Å². The smallest absolute Gasteiger partial charge is 0.411 e. The van der Waals surface area contributed by atoms with E-state index in [1.54, 1.807) is 48.5 Å². The van der Waals surface area contributed by atoms with Gasteiger partial charge in [0.25, 0.3) is 0 Å². The van der Waals surface area contributed by atoms with Gasteiger partial charge in [-0.05, 0) is 52.4 Å². The van der Waals surface area contributed by atoms with Gasteiger partial charge in [-0.2, -0.15) is 4.68 Å². The average Bonchev–Trinajstić information content (AvgIpc) is 3.65. The molecule has 12 nitrogen and oxygen atoms in total. The number of hydrogen-bond donors (Lipinski definition) is 2. The highest BCUT2D eigenvalue weighted by Crippen LogP contribution is 2.30. The van der Waals surface area contributed by atoms with E-state index in [2.05, 4.69) is 35.5 Å². The second kappa shape index (κ2) is 11.3. The Morgan fingerprint density at radius 3 is 2.77 bits per heavy atom. The number of halogens is 1. The van der Waals surface area contributed by atoms with Gasteiger partial charge >= 0.3 is 6.09 Å². The number of carbonyl (C=O) groups excluding carboxylic acids is 3. The SMILES string of the molecule is COC(=O)Nc1ccc(CC(=O)C2c3nc[nH]c3CCN2C(=O)/C=C/c2cc(Cl)ccc2-n2cnnn2)cc1. The topological polar surface area (TPSA) is 148 Å². The highest BCUT2D eigenvalue weighted by atomic mass is 35.5. The van der Waals surface area contributed by atoms with Crippen LogP contribution >= 0.6 is 11.6 Å². The molecule has 0 radical (unpaired) electrons. The van der Waals surface area contributed by atoms with Crippen molar-refractivity contribution >= 4 is 41.1 Å². The quantitative estimate of drug-likeness (QED) is 0.336. The number of hydrogen-bond acceptors (Lipinski definition) is 8. The van der Waals surface area contributed by atoms with Crippen LogP contribution in [-0.4, -0.2) is 66.5 Å². The molecule has 39 heavy (non-hydrogen) atoms. The summed E-state index contributed by atoms with van der Waals surface area (Å²) in [6.45, 7) is 0.339. The predicted molar refractivity (Wildman–Crippen MR) is 141 cm³/mol. The number of aromatic amines is 1. The molecular weight excluding hydrogens is 524 g/mol. The van der Waals surface area contributed by atoms with E-state index in [0.29, 0.717) is 40.6 Å². The molecule has 4 aromatic rings. The van der Waals surface area contributed by atoms with Gasteiger partial charge in [0, 0.05) is 47.4 Å². The largest absolute Gasteiger partial charge is 0.453 e. The van der Waals surface area contributed by atoms with Crippen LogP contribution in [0.5, 0.6) is 0 Å². The van der Waals surface area contributed by atoms with Crippen LogP contribution in [0, 0.1) is 0 Å². The molecule has 1 aliphatic heterocycles. The molecule has 2 amide bonds. The summed E-state index contributed by atoms with van der Waals surface area (Å²) in [6, 6.07) is 11.1. The minimum absolute atomic E-state index is 0.0701. The summed E-state index contributed by atoms with van der Waals surface area (Å²) in [4.78, 5) is 47.4. The Morgan fingerprint density at radius 1 is 1.21 bits per heavy atom. The molecule has 0 spiro atoms. The van der Waals surface area contributed by atoms with E-state index in [1.807, 2.05) is 0 Å². The van der Waals surface area contributed by atoms with Crippen LogP contribution in [0.15, 0.2) is 61.2 Å². The van der Waals surface area contributed by atoms with Gasteiger partial charge in [-0.15, -0.1) is 5.10 Å². The number of amides is 2. The maximum atomic E-state index is 13.6. The van der Waals surface area contributed by atoms with E-state index in [0.717, 1.165) is 11.3 Å². The van der Waals surface area contributed by atoms with Crippen LogP contribution in [0.1, 0.15) is 28.6 Å². The first-order valence-corrected chi connectivity index (χ1v) is 12.3. The zero-order valence-corrected chi connectivity index (χ0v) is 21.5. The Morgan fingerprint density at radius 2 is 2.03 bits per heavy atom. The average molecular weight is 547 g/mol. The predicted octanol–water partition coefficient (Wildman–Crippen LogP) is 3.17. The summed E-state index contributed by atoms with van der Waals surface area (Å²) in [5.41, 5.74) is 3.90. The van der Waals surface area contributed by atoms with Gasteiger partial charge in [-0.3, -0.25) is 14.9 Å². The molecule has 13 heteroatoms. The van der Waals surface area contributed by atoms with Gasteiger partial charge < -0.3 is 14.6 Å². The number of H-pyrrole nitrogens is 1. The lowest BCUT2D eigenvalue weighted by atomic mass is 9.94. The maximum absolute atomic E-state index is 13.6. The number of nitrogens with one attached hydrogen (secondary N) is 2. The summed E-state index contributed by atoms with van der Waals surface area (Å²) in [5.74, 6) is -0.530. The van der Waals surface area contributed by atoms with Gasteiger partial charge in [0.05, 0.1) is 24.8 Å². The highest BCUT2D eigenvalue weighted by molar-refractivity contribution is 6.30. The third-order valence-corrected chi connectivity index (χ3v) is 6.50.